The Morgan fingerprint density at radius 3 is 2.48 bits per heavy atom. The lowest BCUT2D eigenvalue weighted by atomic mass is 10.1. The van der Waals surface area contributed by atoms with Crippen LogP contribution in [-0.4, -0.2) is 24.3 Å². The van der Waals surface area contributed by atoms with Crippen LogP contribution in [0.25, 0.3) is 0 Å². The van der Waals surface area contributed by atoms with E-state index in [1.807, 2.05) is 6.07 Å². The fourth-order valence-corrected chi connectivity index (χ4v) is 2.56. The van der Waals surface area contributed by atoms with E-state index in [9.17, 15) is 18.8 Å². The van der Waals surface area contributed by atoms with Gasteiger partial charge in [-0.05, 0) is 48.9 Å². The lowest BCUT2D eigenvalue weighted by molar-refractivity contribution is -0.148. The first-order valence-corrected chi connectivity index (χ1v) is 8.72. The summed E-state index contributed by atoms with van der Waals surface area (Å²) in [6.45, 7) is 1.35. The number of hydrogen-bond acceptors (Lipinski definition) is 4. The zero-order chi connectivity index (χ0) is 19.8. The van der Waals surface area contributed by atoms with Crippen LogP contribution in [0.4, 0.5) is 4.39 Å². The zero-order valence-corrected chi connectivity index (χ0v) is 15.5. The number of benzene rings is 2. The molecule has 142 valence electrons. The van der Waals surface area contributed by atoms with Gasteiger partial charge in [-0.1, -0.05) is 23.7 Å². The molecule has 0 unspecified atom stereocenters. The molecule has 1 amide bonds. The van der Waals surface area contributed by atoms with Gasteiger partial charge in [-0.15, -0.1) is 0 Å². The second-order valence-corrected chi connectivity index (χ2v) is 6.37. The molecule has 2 rings (SSSR count). The van der Waals surface area contributed by atoms with Gasteiger partial charge in [0, 0.05) is 17.0 Å². The van der Waals surface area contributed by atoms with E-state index in [-0.39, 0.29) is 24.7 Å². The maximum Gasteiger partial charge on any atom is 0.306 e. The Labute approximate surface area is 161 Å². The Bertz CT molecular complexity index is 823. The molecule has 0 aliphatic heterocycles. The van der Waals surface area contributed by atoms with Crippen molar-refractivity contribution in [3.05, 3.63) is 70.5 Å². The molecule has 0 aliphatic rings. The highest BCUT2D eigenvalue weighted by Crippen LogP contribution is 2.17. The maximum absolute atomic E-state index is 12.8. The van der Waals surface area contributed by atoms with Crippen LogP contribution in [0.2, 0.25) is 5.02 Å². The van der Waals surface area contributed by atoms with Crippen LogP contribution in [0, 0.1) is 5.82 Å². The van der Waals surface area contributed by atoms with Crippen LogP contribution in [0.5, 0.6) is 0 Å². The molecule has 7 heteroatoms. The molecule has 1 N–H and O–H groups in total. The lowest BCUT2D eigenvalue weighted by Gasteiger charge is -2.14. The number of carbonyl (C=O) groups excluding carboxylic acids is 3. The van der Waals surface area contributed by atoms with Crippen molar-refractivity contribution < 1.29 is 23.5 Å². The number of carbonyl (C=O) groups is 3. The van der Waals surface area contributed by atoms with Crippen molar-refractivity contribution in [3.8, 4) is 0 Å². The van der Waals surface area contributed by atoms with Gasteiger partial charge in [-0.2, -0.15) is 0 Å². The summed E-state index contributed by atoms with van der Waals surface area (Å²) in [5, 5.41) is 3.26. The van der Waals surface area contributed by atoms with Gasteiger partial charge in [0.05, 0.1) is 12.5 Å². The summed E-state index contributed by atoms with van der Waals surface area (Å²) in [4.78, 5) is 35.5. The van der Waals surface area contributed by atoms with Gasteiger partial charge in [0.25, 0.3) is 5.91 Å². The third kappa shape index (κ3) is 6.83. The predicted molar refractivity (Wildman–Crippen MR) is 98.9 cm³/mol. The van der Waals surface area contributed by atoms with E-state index in [1.165, 1.54) is 24.3 Å². The molecule has 1 atom stereocenters. The minimum Gasteiger partial charge on any atom is -0.456 e. The summed E-state index contributed by atoms with van der Waals surface area (Å²) in [6.07, 6.45) is -0.238. The predicted octanol–water partition coefficient (Wildman–Crippen LogP) is 3.86. The van der Waals surface area contributed by atoms with E-state index in [0.717, 1.165) is 5.56 Å². The van der Waals surface area contributed by atoms with Crippen molar-refractivity contribution in [2.75, 3.05) is 6.61 Å². The molecule has 2 aromatic carbocycles. The number of ketones is 1. The molecule has 2 aromatic rings. The summed E-state index contributed by atoms with van der Waals surface area (Å²) in [5.74, 6) is -1.85. The van der Waals surface area contributed by atoms with Crippen LogP contribution >= 0.6 is 11.6 Å². The van der Waals surface area contributed by atoms with Crippen molar-refractivity contribution in [3.63, 3.8) is 0 Å². The number of amides is 1. The highest BCUT2D eigenvalue weighted by Gasteiger charge is 2.14. The molecular formula is C20H19ClFNO4. The first kappa shape index (κ1) is 20.6. The number of nitrogens with one attached hydrogen (secondary N) is 1. The third-order valence-corrected chi connectivity index (χ3v) is 4.05. The van der Waals surface area contributed by atoms with Crippen molar-refractivity contribution in [2.45, 2.75) is 25.8 Å². The van der Waals surface area contributed by atoms with E-state index in [1.54, 1.807) is 25.1 Å². The number of esters is 1. The Balaban J connectivity index is 1.72. The van der Waals surface area contributed by atoms with Gasteiger partial charge in [0.1, 0.15) is 5.82 Å². The monoisotopic (exact) mass is 391 g/mol. The summed E-state index contributed by atoms with van der Waals surface area (Å²) in [7, 11) is 0. The summed E-state index contributed by atoms with van der Waals surface area (Å²) in [6, 6.07) is 11.8. The topological polar surface area (TPSA) is 72.5 Å². The lowest BCUT2D eigenvalue weighted by Crippen LogP contribution is -2.31. The summed E-state index contributed by atoms with van der Waals surface area (Å²) >= 11 is 5.91. The summed E-state index contributed by atoms with van der Waals surface area (Å²) < 4.78 is 17.7. The van der Waals surface area contributed by atoms with Crippen LogP contribution in [0.1, 0.15) is 41.7 Å². The largest absolute Gasteiger partial charge is 0.456 e. The van der Waals surface area contributed by atoms with Crippen molar-refractivity contribution in [2.24, 2.45) is 0 Å². The number of halogens is 2. The standard InChI is InChI=1S/C20H19ClFNO4/c1-13(15-3-2-4-16(21)11-15)23-19(25)12-27-20(26)10-9-18(24)14-5-7-17(22)8-6-14/h2-8,11,13H,9-10,12H2,1H3,(H,23,25)/t13-/m0/s1. The van der Waals surface area contributed by atoms with Crippen molar-refractivity contribution in [1.29, 1.82) is 0 Å². The zero-order valence-electron chi connectivity index (χ0n) is 14.7. The van der Waals surface area contributed by atoms with Gasteiger partial charge in [0.15, 0.2) is 12.4 Å². The van der Waals surface area contributed by atoms with Gasteiger partial charge >= 0.3 is 5.97 Å². The van der Waals surface area contributed by atoms with Gasteiger partial charge in [-0.3, -0.25) is 14.4 Å². The Kier molecular flexibility index (Phi) is 7.49. The third-order valence-electron chi connectivity index (χ3n) is 3.81. The quantitative estimate of drug-likeness (QED) is 0.547. The van der Waals surface area contributed by atoms with Gasteiger partial charge in [0.2, 0.25) is 0 Å². The van der Waals surface area contributed by atoms with E-state index >= 15 is 0 Å². The molecule has 5 nitrogen and oxygen atoms in total. The van der Waals surface area contributed by atoms with E-state index in [4.69, 9.17) is 16.3 Å². The average Bonchev–Trinajstić information content (AvgIpc) is 2.65. The van der Waals surface area contributed by atoms with Crippen molar-refractivity contribution in [1.82, 2.24) is 5.32 Å². The first-order valence-electron chi connectivity index (χ1n) is 8.34. The number of Topliss-reactive ketones (excluding diaryl/α,β-unsaturated/α-hetero) is 1. The fourth-order valence-electron chi connectivity index (χ4n) is 2.36. The number of ether oxygens (including phenoxy) is 1. The Hall–Kier alpha value is -2.73. The Morgan fingerprint density at radius 1 is 1.11 bits per heavy atom. The number of rotatable bonds is 8. The molecule has 0 saturated heterocycles. The van der Waals surface area contributed by atoms with E-state index < -0.39 is 24.3 Å². The molecule has 0 saturated carbocycles. The molecule has 0 aromatic heterocycles. The van der Waals surface area contributed by atoms with E-state index in [2.05, 4.69) is 5.32 Å². The van der Waals surface area contributed by atoms with Crippen LogP contribution in [0.3, 0.4) is 0 Å². The van der Waals surface area contributed by atoms with Gasteiger partial charge < -0.3 is 10.1 Å². The van der Waals surface area contributed by atoms with E-state index in [0.29, 0.717) is 10.6 Å². The molecule has 0 heterocycles. The molecular weight excluding hydrogens is 373 g/mol. The fraction of sp³-hybridized carbons (Fsp3) is 0.250. The summed E-state index contributed by atoms with van der Waals surface area (Å²) in [5.41, 5.74) is 1.14. The molecule has 0 spiro atoms. The van der Waals surface area contributed by atoms with Crippen molar-refractivity contribution >= 4 is 29.3 Å². The minimum atomic E-state index is -0.656. The molecule has 0 aliphatic carbocycles. The maximum atomic E-state index is 12.8. The minimum absolute atomic E-state index is 0.0784. The molecule has 0 bridgehead atoms. The van der Waals surface area contributed by atoms with Crippen LogP contribution < -0.4 is 5.32 Å². The highest BCUT2D eigenvalue weighted by molar-refractivity contribution is 6.30. The first-order chi connectivity index (χ1) is 12.8. The second-order valence-electron chi connectivity index (χ2n) is 5.93. The van der Waals surface area contributed by atoms with Crippen LogP contribution in [0.15, 0.2) is 48.5 Å². The van der Waals surface area contributed by atoms with Gasteiger partial charge in [-0.25, -0.2) is 4.39 Å². The smallest absolute Gasteiger partial charge is 0.306 e. The normalized spacial score (nSPS) is 11.5. The SMILES string of the molecule is C[C@H](NC(=O)COC(=O)CCC(=O)c1ccc(F)cc1)c1cccc(Cl)c1. The number of hydrogen-bond donors (Lipinski definition) is 1. The second kappa shape index (κ2) is 9.83. The highest BCUT2D eigenvalue weighted by atomic mass is 35.5. The molecule has 0 radical (unpaired) electrons. The molecule has 0 fully saturated rings. The Morgan fingerprint density at radius 2 is 1.81 bits per heavy atom. The van der Waals surface area contributed by atoms with Crippen LogP contribution in [-0.2, 0) is 14.3 Å². The average molecular weight is 392 g/mol. The molecule has 27 heavy (non-hydrogen) atoms.